The van der Waals surface area contributed by atoms with E-state index in [-0.39, 0.29) is 10.8 Å². The van der Waals surface area contributed by atoms with Crippen LogP contribution in [-0.2, 0) is 10.2 Å². The Bertz CT molecular complexity index is 1600. The van der Waals surface area contributed by atoms with Gasteiger partial charge in [0.1, 0.15) is 18.0 Å². The highest BCUT2D eigenvalue weighted by molar-refractivity contribution is 5.80. The minimum absolute atomic E-state index is 0.0357. The van der Waals surface area contributed by atoms with Crippen molar-refractivity contribution in [1.82, 2.24) is 34.7 Å². The van der Waals surface area contributed by atoms with E-state index < -0.39 is 6.04 Å². The van der Waals surface area contributed by atoms with Crippen molar-refractivity contribution in [2.45, 2.75) is 56.9 Å². The Balaban J connectivity index is 1.37. The van der Waals surface area contributed by atoms with Gasteiger partial charge in [0.2, 0.25) is 5.69 Å². The van der Waals surface area contributed by atoms with Crippen molar-refractivity contribution >= 4 is 28.7 Å². The molecule has 2 aliphatic carbocycles. The molecule has 1 atom stereocenters. The Morgan fingerprint density at radius 3 is 2.84 bits per heavy atom. The number of anilines is 1. The van der Waals surface area contributed by atoms with Gasteiger partial charge < -0.3 is 10.1 Å². The van der Waals surface area contributed by atoms with E-state index in [9.17, 15) is 10.1 Å². The summed E-state index contributed by atoms with van der Waals surface area (Å²) >= 11 is 0. The summed E-state index contributed by atoms with van der Waals surface area (Å²) < 4.78 is 3.30. The minimum Gasteiger partial charge on any atom is -0.368 e. The molecule has 184 valence electrons. The Kier molecular flexibility index (Phi) is 5.23. The van der Waals surface area contributed by atoms with Crippen molar-refractivity contribution in [3.8, 4) is 17.6 Å². The van der Waals surface area contributed by atoms with Gasteiger partial charge in [0.25, 0.3) is 0 Å². The monoisotopic (exact) mass is 492 g/mol. The third-order valence-electron chi connectivity index (χ3n) is 7.95. The van der Waals surface area contributed by atoms with Gasteiger partial charge >= 0.3 is 0 Å². The van der Waals surface area contributed by atoms with E-state index in [1.807, 2.05) is 6.20 Å². The number of rotatable bonds is 7. The minimum atomic E-state index is -0.460. The van der Waals surface area contributed by atoms with Gasteiger partial charge in [0, 0.05) is 29.5 Å². The van der Waals surface area contributed by atoms with E-state index in [2.05, 4.69) is 41.6 Å². The van der Waals surface area contributed by atoms with E-state index in [0.717, 1.165) is 49.5 Å². The summed E-state index contributed by atoms with van der Waals surface area (Å²) in [7, 11) is 0. The first-order chi connectivity index (χ1) is 18.0. The molecule has 0 amide bonds. The molecule has 11 nitrogen and oxygen atoms in total. The van der Waals surface area contributed by atoms with Gasteiger partial charge in [0.05, 0.1) is 42.6 Å². The number of nitrogens with one attached hydrogen (secondary N) is 1. The van der Waals surface area contributed by atoms with Crippen molar-refractivity contribution in [2.75, 3.05) is 5.32 Å². The Morgan fingerprint density at radius 1 is 1.24 bits per heavy atom. The fourth-order valence-electron chi connectivity index (χ4n) is 6.01. The van der Waals surface area contributed by atoms with E-state index in [1.54, 1.807) is 40.8 Å². The first kappa shape index (κ1) is 22.8. The lowest BCUT2D eigenvalue weighted by atomic mass is 9.79. The van der Waals surface area contributed by atoms with Gasteiger partial charge in [-0.1, -0.05) is 5.21 Å². The molecule has 0 saturated heterocycles. The zero-order chi connectivity index (χ0) is 25.6. The predicted molar refractivity (Wildman–Crippen MR) is 134 cm³/mol. The van der Waals surface area contributed by atoms with Crippen molar-refractivity contribution in [3.05, 3.63) is 54.0 Å². The zero-order valence-electron chi connectivity index (χ0n) is 20.3. The first-order valence-corrected chi connectivity index (χ1v) is 12.2. The van der Waals surface area contributed by atoms with Crippen molar-refractivity contribution in [1.29, 1.82) is 5.26 Å². The van der Waals surface area contributed by atoms with Crippen molar-refractivity contribution in [2.24, 2.45) is 5.41 Å². The predicted octanol–water partition coefficient (Wildman–Crippen LogP) is 4.06. The van der Waals surface area contributed by atoms with Gasteiger partial charge in [0.15, 0.2) is 11.5 Å². The molecule has 4 aromatic heterocycles. The van der Waals surface area contributed by atoms with Crippen LogP contribution in [0.5, 0.6) is 0 Å². The summed E-state index contributed by atoms with van der Waals surface area (Å²) in [5, 5.41) is 26.8. The summed E-state index contributed by atoms with van der Waals surface area (Å²) in [6.45, 7) is 8.98. The Hall–Kier alpha value is -4.64. The molecule has 0 unspecified atom stereocenters. The quantitative estimate of drug-likeness (QED) is 0.302. The van der Waals surface area contributed by atoms with Crippen LogP contribution in [0.15, 0.2) is 36.9 Å². The highest BCUT2D eigenvalue weighted by atomic mass is 16.1. The van der Waals surface area contributed by atoms with Crippen LogP contribution in [0.2, 0.25) is 0 Å². The summed E-state index contributed by atoms with van der Waals surface area (Å²) in [5.74, 6) is 0.513. The van der Waals surface area contributed by atoms with Crippen LogP contribution >= 0.6 is 0 Å². The van der Waals surface area contributed by atoms with Crippen LogP contribution in [0.1, 0.15) is 51.1 Å². The molecule has 4 heterocycles. The Labute approximate surface area is 213 Å². The molecule has 2 bridgehead atoms. The average molecular weight is 493 g/mol. The lowest BCUT2D eigenvalue weighted by Crippen LogP contribution is -2.20. The number of carbonyl (C=O) groups excluding carboxylic acids is 1. The smallest absolute Gasteiger partial charge is 0.205 e. The lowest BCUT2D eigenvalue weighted by molar-refractivity contribution is -0.109. The highest BCUT2D eigenvalue weighted by Gasteiger charge is 2.55. The third-order valence-corrected chi connectivity index (χ3v) is 7.95. The number of hydrogen-bond acceptors (Lipinski definition) is 8. The largest absolute Gasteiger partial charge is 0.368 e. The second-order valence-corrected chi connectivity index (χ2v) is 10.2. The molecule has 2 saturated carbocycles. The van der Waals surface area contributed by atoms with Crippen LogP contribution in [0, 0.1) is 23.3 Å². The van der Waals surface area contributed by atoms with Crippen LogP contribution in [0.25, 0.3) is 27.4 Å². The number of pyridine rings is 2. The average Bonchev–Trinajstić information content (AvgIpc) is 3.71. The number of aldehydes is 1. The Morgan fingerprint density at radius 2 is 2.08 bits per heavy atom. The summed E-state index contributed by atoms with van der Waals surface area (Å²) in [4.78, 5) is 23.7. The van der Waals surface area contributed by atoms with Gasteiger partial charge in [-0.2, -0.15) is 15.0 Å². The second kappa shape index (κ2) is 8.49. The number of nitrogens with zero attached hydrogens (tertiary/aromatic N) is 9. The zero-order valence-corrected chi connectivity index (χ0v) is 20.3. The normalized spacial score (nSPS) is 23.0. The lowest BCUT2D eigenvalue weighted by Gasteiger charge is -2.25. The van der Waals surface area contributed by atoms with Gasteiger partial charge in [-0.25, -0.2) is 19.5 Å². The number of carbonyl (C=O) groups is 1. The molecule has 0 radical (unpaired) electrons. The van der Waals surface area contributed by atoms with Gasteiger partial charge in [-0.15, -0.1) is 5.10 Å². The van der Waals surface area contributed by atoms with Crippen molar-refractivity contribution in [3.63, 3.8) is 0 Å². The molecule has 4 aromatic rings. The molecule has 1 N–H and O–H groups in total. The van der Waals surface area contributed by atoms with Crippen molar-refractivity contribution < 1.29 is 4.79 Å². The molecular formula is C26H24N10O. The third kappa shape index (κ3) is 3.71. The van der Waals surface area contributed by atoms with E-state index >= 15 is 0 Å². The van der Waals surface area contributed by atoms with Gasteiger partial charge in [-0.05, 0) is 50.5 Å². The second-order valence-electron chi connectivity index (χ2n) is 10.2. The van der Waals surface area contributed by atoms with E-state index in [1.165, 1.54) is 6.20 Å². The maximum Gasteiger partial charge on any atom is 0.205 e. The van der Waals surface area contributed by atoms with Crippen LogP contribution in [0.4, 0.5) is 11.4 Å². The molecule has 2 fully saturated rings. The summed E-state index contributed by atoms with van der Waals surface area (Å²) in [5.41, 5.74) is 3.36. The molecule has 0 aliphatic heterocycles. The molecular weight excluding hydrogens is 468 g/mol. The fraction of sp³-hybridized carbons (Fsp3) is 0.385. The summed E-state index contributed by atoms with van der Waals surface area (Å²) in [6, 6.07) is 5.28. The molecule has 0 aromatic carbocycles. The maximum absolute atomic E-state index is 11.2. The summed E-state index contributed by atoms with van der Waals surface area (Å²) in [6.07, 6.45) is 13.6. The number of nitriles is 1. The van der Waals surface area contributed by atoms with Crippen LogP contribution in [-0.4, -0.2) is 47.1 Å². The topological polar surface area (TPSA) is 132 Å². The number of aromatic nitrogens is 7. The SMILES string of the molecule is [C-]#[N+]c1cnc2c(cnn2-c2cc(N[C@H](C)C#N)c(-n3cc(C45CCC(CC=O)(CC4)C5)nn3)cn2)c1. The molecule has 37 heavy (non-hydrogen) atoms. The molecule has 2 aliphatic rings. The molecule has 11 heteroatoms. The maximum atomic E-state index is 11.2. The number of hydrogen-bond donors (Lipinski definition) is 1. The number of fused-ring (bicyclic) bond motifs is 3. The van der Waals surface area contributed by atoms with Gasteiger partial charge in [-0.3, -0.25) is 0 Å². The molecule has 6 rings (SSSR count). The first-order valence-electron chi connectivity index (χ1n) is 12.2. The van der Waals surface area contributed by atoms with E-state index in [0.29, 0.717) is 34.9 Å². The van der Waals surface area contributed by atoms with Crippen LogP contribution in [0.3, 0.4) is 0 Å². The van der Waals surface area contributed by atoms with Crippen LogP contribution < -0.4 is 5.32 Å². The molecule has 0 spiro atoms. The standard InChI is InChI=1S/C26H24N10O/c1-17(11-27)32-20-10-23(36-24-18(12-31-36)9-19(28-2)13-30-24)29-14-21(20)35-15-22(33-34-35)26-5-3-25(16-26,4-6-26)7-8-37/h8-10,12-15,17H,3-7,16H2,1H3,(H,29,32)/t17-,25?,26?/m1/s1. The highest BCUT2D eigenvalue weighted by Crippen LogP contribution is 2.63. The van der Waals surface area contributed by atoms with E-state index in [4.69, 9.17) is 6.57 Å². The fourth-order valence-corrected chi connectivity index (χ4v) is 6.01.